The second-order valence-electron chi connectivity index (χ2n) is 1.32. The Morgan fingerprint density at radius 1 is 1.78 bits per heavy atom. The smallest absolute Gasteiger partial charge is 0.300 e. The summed E-state index contributed by atoms with van der Waals surface area (Å²) in [4.78, 5) is 16.3. The molecule has 5 heteroatoms. The van der Waals surface area contributed by atoms with Gasteiger partial charge in [0, 0.05) is 6.92 Å². The second-order valence-corrected chi connectivity index (χ2v) is 1.32. The van der Waals surface area contributed by atoms with Crippen LogP contribution in [0.3, 0.4) is 0 Å². The molecule has 0 N–H and O–H groups in total. The molecule has 5 nitrogen and oxygen atoms in total. The lowest BCUT2D eigenvalue weighted by atomic mass is 10.8. The van der Waals surface area contributed by atoms with Crippen molar-refractivity contribution in [3.05, 3.63) is 5.89 Å². The molecule has 0 fully saturated rings. The van der Waals surface area contributed by atoms with E-state index >= 15 is 0 Å². The van der Waals surface area contributed by atoms with Crippen molar-refractivity contribution in [1.29, 1.82) is 0 Å². The third-order valence-electron chi connectivity index (χ3n) is 0.662. The first-order valence-electron chi connectivity index (χ1n) is 2.21. The summed E-state index contributed by atoms with van der Waals surface area (Å²) in [5.41, 5.74) is 0. The Labute approximate surface area is 50.4 Å². The summed E-state index contributed by atoms with van der Waals surface area (Å²) in [6.07, 6.45) is 1.29. The molecule has 0 saturated heterocycles. The molecule has 0 aliphatic carbocycles. The third-order valence-corrected chi connectivity index (χ3v) is 0.662. The molecule has 0 aromatic carbocycles. The zero-order chi connectivity index (χ0) is 6.69. The van der Waals surface area contributed by atoms with Crippen LogP contribution in [-0.4, -0.2) is 16.2 Å². The van der Waals surface area contributed by atoms with Crippen LogP contribution in [0.15, 0.2) is 9.52 Å². The molecule has 9 heavy (non-hydrogen) atoms. The zero-order valence-corrected chi connectivity index (χ0v) is 4.66. The fourth-order valence-corrected chi connectivity index (χ4v) is 0.375. The van der Waals surface area contributed by atoms with Gasteiger partial charge < -0.3 is 4.52 Å². The summed E-state index contributed by atoms with van der Waals surface area (Å²) in [5.74, 6) is 0.395. The van der Waals surface area contributed by atoms with Crippen molar-refractivity contribution in [2.24, 2.45) is 4.99 Å². The Hall–Kier alpha value is -1.48. The van der Waals surface area contributed by atoms with Crippen molar-refractivity contribution < 1.29 is 9.32 Å². The van der Waals surface area contributed by atoms with Gasteiger partial charge in [0.1, 0.15) is 0 Å². The maximum Gasteiger partial charge on any atom is 0.300 e. The van der Waals surface area contributed by atoms with Crippen LogP contribution in [0.4, 0.5) is 5.95 Å². The molecule has 0 aliphatic heterocycles. The molecular formula is C4H3N3O2. The van der Waals surface area contributed by atoms with Crippen LogP contribution in [0, 0.1) is 6.92 Å². The van der Waals surface area contributed by atoms with Crippen molar-refractivity contribution in [3.8, 4) is 0 Å². The number of carbonyl (C=O) groups excluding carboxylic acids is 1. The molecule has 1 aromatic heterocycles. The minimum atomic E-state index is 0.0162. The number of isocyanates is 1. The number of aromatic nitrogens is 2. The monoisotopic (exact) mass is 125 g/mol. The lowest BCUT2D eigenvalue weighted by molar-refractivity contribution is 0.394. The van der Waals surface area contributed by atoms with Crippen LogP contribution in [0.25, 0.3) is 0 Å². The van der Waals surface area contributed by atoms with Gasteiger partial charge in [-0.25, -0.2) is 4.79 Å². The van der Waals surface area contributed by atoms with Crippen LogP contribution in [0.1, 0.15) is 5.89 Å². The molecule has 46 valence electrons. The van der Waals surface area contributed by atoms with E-state index in [-0.39, 0.29) is 5.95 Å². The molecule has 1 heterocycles. The van der Waals surface area contributed by atoms with Gasteiger partial charge in [0.15, 0.2) is 0 Å². The number of aliphatic imine (C=N–C) groups is 1. The van der Waals surface area contributed by atoms with E-state index in [4.69, 9.17) is 0 Å². The first-order valence-corrected chi connectivity index (χ1v) is 2.21. The standard InChI is InChI=1S/C4H3N3O2/c1-3-6-4(5-2-8)7-9-3/h1H3. The Bertz CT molecular complexity index is 248. The maximum absolute atomic E-state index is 9.57. The third kappa shape index (κ3) is 1.20. The molecule has 0 saturated carbocycles. The Morgan fingerprint density at radius 3 is 3.00 bits per heavy atom. The SMILES string of the molecule is Cc1nc(N=C=O)no1. The van der Waals surface area contributed by atoms with Crippen molar-refractivity contribution >= 4 is 12.0 Å². The average molecular weight is 125 g/mol. The van der Waals surface area contributed by atoms with Gasteiger partial charge in [-0.05, 0) is 5.16 Å². The molecule has 0 amide bonds. The highest BCUT2D eigenvalue weighted by molar-refractivity contribution is 5.40. The average Bonchev–Trinajstić information content (AvgIpc) is 2.17. The minimum Gasteiger partial charge on any atom is -0.338 e. The van der Waals surface area contributed by atoms with Gasteiger partial charge in [0.05, 0.1) is 0 Å². The Morgan fingerprint density at radius 2 is 2.56 bits per heavy atom. The van der Waals surface area contributed by atoms with Gasteiger partial charge in [0.25, 0.3) is 5.95 Å². The van der Waals surface area contributed by atoms with E-state index in [2.05, 4.69) is 19.7 Å². The van der Waals surface area contributed by atoms with E-state index in [1.165, 1.54) is 6.08 Å². The first kappa shape index (κ1) is 5.65. The van der Waals surface area contributed by atoms with E-state index < -0.39 is 0 Å². The number of aryl methyl sites for hydroxylation is 1. The zero-order valence-electron chi connectivity index (χ0n) is 4.66. The van der Waals surface area contributed by atoms with Crippen LogP contribution >= 0.6 is 0 Å². The van der Waals surface area contributed by atoms with Crippen LogP contribution in [0.2, 0.25) is 0 Å². The highest BCUT2D eigenvalue weighted by Crippen LogP contribution is 2.01. The van der Waals surface area contributed by atoms with Gasteiger partial charge in [-0.15, -0.1) is 4.99 Å². The number of nitrogens with zero attached hydrogens (tertiary/aromatic N) is 3. The predicted molar refractivity (Wildman–Crippen MR) is 26.8 cm³/mol. The quantitative estimate of drug-likeness (QED) is 0.401. The topological polar surface area (TPSA) is 68.3 Å². The summed E-state index contributed by atoms with van der Waals surface area (Å²) in [6.45, 7) is 1.61. The van der Waals surface area contributed by atoms with Crippen LogP contribution in [-0.2, 0) is 4.79 Å². The Balaban J connectivity index is 2.97. The fraction of sp³-hybridized carbons (Fsp3) is 0.250. The summed E-state index contributed by atoms with van der Waals surface area (Å²) in [7, 11) is 0. The number of hydrogen-bond acceptors (Lipinski definition) is 5. The molecule has 0 radical (unpaired) electrons. The molecule has 0 unspecified atom stereocenters. The molecule has 0 bridgehead atoms. The van der Waals surface area contributed by atoms with E-state index in [9.17, 15) is 4.79 Å². The van der Waals surface area contributed by atoms with Crippen molar-refractivity contribution in [2.75, 3.05) is 0 Å². The van der Waals surface area contributed by atoms with Crippen molar-refractivity contribution in [3.63, 3.8) is 0 Å². The summed E-state index contributed by atoms with van der Waals surface area (Å²) in [5, 5.41) is 3.29. The van der Waals surface area contributed by atoms with Crippen molar-refractivity contribution in [1.82, 2.24) is 10.1 Å². The van der Waals surface area contributed by atoms with Crippen molar-refractivity contribution in [2.45, 2.75) is 6.92 Å². The first-order chi connectivity index (χ1) is 4.33. The van der Waals surface area contributed by atoms with E-state index in [1.807, 2.05) is 0 Å². The molecule has 1 rings (SSSR count). The van der Waals surface area contributed by atoms with E-state index in [1.54, 1.807) is 6.92 Å². The van der Waals surface area contributed by atoms with E-state index in [0.29, 0.717) is 5.89 Å². The van der Waals surface area contributed by atoms with Crippen LogP contribution in [0.5, 0.6) is 0 Å². The van der Waals surface area contributed by atoms with Gasteiger partial charge in [-0.3, -0.25) is 0 Å². The van der Waals surface area contributed by atoms with Gasteiger partial charge in [0.2, 0.25) is 12.0 Å². The molecule has 1 aromatic rings. The number of hydrogen-bond donors (Lipinski definition) is 0. The van der Waals surface area contributed by atoms with Gasteiger partial charge >= 0.3 is 0 Å². The largest absolute Gasteiger partial charge is 0.338 e. The normalized spacial score (nSPS) is 8.56. The lowest BCUT2D eigenvalue weighted by Crippen LogP contribution is -1.65. The van der Waals surface area contributed by atoms with Crippen LogP contribution < -0.4 is 0 Å². The molecular weight excluding hydrogens is 122 g/mol. The maximum atomic E-state index is 9.57. The molecule has 0 atom stereocenters. The molecule has 0 aliphatic rings. The lowest BCUT2D eigenvalue weighted by Gasteiger charge is -1.65. The summed E-state index contributed by atoms with van der Waals surface area (Å²) in [6, 6.07) is 0. The fourth-order valence-electron chi connectivity index (χ4n) is 0.375. The van der Waals surface area contributed by atoms with Gasteiger partial charge in [-0.2, -0.15) is 4.98 Å². The molecule has 0 spiro atoms. The van der Waals surface area contributed by atoms with E-state index in [0.717, 1.165) is 0 Å². The second kappa shape index (κ2) is 2.19. The highest BCUT2D eigenvalue weighted by atomic mass is 16.5. The number of rotatable bonds is 1. The summed E-state index contributed by atoms with van der Waals surface area (Å²) >= 11 is 0. The predicted octanol–water partition coefficient (Wildman–Crippen LogP) is 0.345. The highest BCUT2D eigenvalue weighted by Gasteiger charge is 1.96. The Kier molecular flexibility index (Phi) is 1.38. The minimum absolute atomic E-state index is 0.0162. The van der Waals surface area contributed by atoms with Gasteiger partial charge in [-0.1, -0.05) is 0 Å². The summed E-state index contributed by atoms with van der Waals surface area (Å²) < 4.78 is 4.48.